The Balaban J connectivity index is 1.85. The van der Waals surface area contributed by atoms with Gasteiger partial charge in [-0.1, -0.05) is 18.2 Å². The molecule has 2 atom stereocenters. The fourth-order valence-corrected chi connectivity index (χ4v) is 2.83. The van der Waals surface area contributed by atoms with Crippen molar-refractivity contribution in [2.24, 2.45) is 5.84 Å². The summed E-state index contributed by atoms with van der Waals surface area (Å²) in [5.74, 6) is 5.71. The monoisotopic (exact) mass is 290 g/mol. The Morgan fingerprint density at radius 2 is 2.29 bits per heavy atom. The van der Waals surface area contributed by atoms with Crippen molar-refractivity contribution in [3.63, 3.8) is 0 Å². The van der Waals surface area contributed by atoms with Crippen molar-refractivity contribution in [1.29, 1.82) is 0 Å². The molecule has 0 radical (unpaired) electrons. The van der Waals surface area contributed by atoms with Crippen LogP contribution in [0.2, 0.25) is 0 Å². The molecule has 1 aromatic carbocycles. The van der Waals surface area contributed by atoms with Crippen molar-refractivity contribution in [3.05, 3.63) is 30.0 Å². The molecule has 0 spiro atoms. The average molecular weight is 290 g/mol. The molecule has 6 nitrogen and oxygen atoms in total. The zero-order valence-corrected chi connectivity index (χ0v) is 12.3. The molecule has 3 rings (SSSR count). The second-order valence-corrected chi connectivity index (χ2v) is 5.24. The second kappa shape index (κ2) is 6.53. The van der Waals surface area contributed by atoms with Crippen LogP contribution >= 0.6 is 0 Å². The van der Waals surface area contributed by atoms with Gasteiger partial charge in [0.15, 0.2) is 0 Å². The third-order valence-electron chi connectivity index (χ3n) is 3.95. The molecule has 0 amide bonds. The topological polar surface area (TPSA) is 74.3 Å². The lowest BCUT2D eigenvalue weighted by Gasteiger charge is -2.29. The average Bonchev–Trinajstić information content (AvgIpc) is 2.91. The molecule has 0 saturated carbocycles. The maximum absolute atomic E-state index is 5.75. The summed E-state index contributed by atoms with van der Waals surface area (Å²) in [4.78, 5) is 0. The van der Waals surface area contributed by atoms with Crippen LogP contribution in [0.1, 0.15) is 12.6 Å². The first-order valence-electron chi connectivity index (χ1n) is 7.43. The minimum Gasteiger partial charge on any atom is -0.376 e. The fourth-order valence-electron chi connectivity index (χ4n) is 2.83. The van der Waals surface area contributed by atoms with E-state index < -0.39 is 0 Å². The van der Waals surface area contributed by atoms with Gasteiger partial charge in [-0.05, 0) is 13.0 Å². The van der Waals surface area contributed by atoms with E-state index in [-0.39, 0.29) is 12.1 Å². The van der Waals surface area contributed by atoms with Gasteiger partial charge in [0.25, 0.3) is 0 Å². The SMILES string of the molecule is CCn1nc(CC(NN)C2COCCO2)c2ccccc21. The summed E-state index contributed by atoms with van der Waals surface area (Å²) in [6.07, 6.45) is 0.687. The number of aromatic nitrogens is 2. The normalized spacial score (nSPS) is 20.8. The maximum Gasteiger partial charge on any atom is 0.0979 e. The summed E-state index contributed by atoms with van der Waals surface area (Å²) in [5, 5.41) is 5.89. The van der Waals surface area contributed by atoms with E-state index in [4.69, 9.17) is 20.4 Å². The number of rotatable bonds is 5. The Morgan fingerprint density at radius 1 is 1.43 bits per heavy atom. The first-order chi connectivity index (χ1) is 10.3. The lowest BCUT2D eigenvalue weighted by molar-refractivity contribution is -0.101. The number of nitrogens with one attached hydrogen (secondary N) is 1. The van der Waals surface area contributed by atoms with Crippen LogP contribution in [-0.2, 0) is 22.4 Å². The molecule has 3 N–H and O–H groups in total. The summed E-state index contributed by atoms with van der Waals surface area (Å²) < 4.78 is 13.2. The van der Waals surface area contributed by atoms with E-state index in [0.29, 0.717) is 19.8 Å². The van der Waals surface area contributed by atoms with Crippen molar-refractivity contribution >= 4 is 10.9 Å². The van der Waals surface area contributed by atoms with Gasteiger partial charge in [-0.3, -0.25) is 16.0 Å². The number of nitrogens with zero attached hydrogens (tertiary/aromatic N) is 2. The third-order valence-corrected chi connectivity index (χ3v) is 3.95. The molecule has 114 valence electrons. The number of ether oxygens (including phenoxy) is 2. The standard InChI is InChI=1S/C15H22N4O2/c1-2-19-14-6-4-3-5-11(14)12(18-19)9-13(17-16)15-10-20-7-8-21-15/h3-6,13,15,17H,2,7-10,16H2,1H3. The van der Waals surface area contributed by atoms with Crippen molar-refractivity contribution in [3.8, 4) is 0 Å². The van der Waals surface area contributed by atoms with Crippen LogP contribution in [0.15, 0.2) is 24.3 Å². The van der Waals surface area contributed by atoms with E-state index in [9.17, 15) is 0 Å². The number of hydrogen-bond donors (Lipinski definition) is 2. The van der Waals surface area contributed by atoms with E-state index in [1.807, 2.05) is 16.8 Å². The number of fused-ring (bicyclic) bond motifs is 1. The van der Waals surface area contributed by atoms with Crippen molar-refractivity contribution in [2.45, 2.75) is 32.0 Å². The molecule has 1 saturated heterocycles. The second-order valence-electron chi connectivity index (χ2n) is 5.24. The van der Waals surface area contributed by atoms with Gasteiger partial charge >= 0.3 is 0 Å². The molecule has 1 fully saturated rings. The molecule has 1 aliphatic heterocycles. The molecule has 21 heavy (non-hydrogen) atoms. The number of hydrazine groups is 1. The van der Waals surface area contributed by atoms with Crippen LogP contribution in [0.3, 0.4) is 0 Å². The van der Waals surface area contributed by atoms with Gasteiger partial charge in [-0.15, -0.1) is 0 Å². The summed E-state index contributed by atoms with van der Waals surface area (Å²) in [6, 6.07) is 8.28. The van der Waals surface area contributed by atoms with E-state index in [1.54, 1.807) is 0 Å². The maximum atomic E-state index is 5.75. The zero-order chi connectivity index (χ0) is 14.7. The third kappa shape index (κ3) is 2.94. The Labute approximate surface area is 124 Å². The molecule has 0 bridgehead atoms. The van der Waals surface area contributed by atoms with E-state index in [0.717, 1.165) is 24.2 Å². The highest BCUT2D eigenvalue weighted by Crippen LogP contribution is 2.21. The van der Waals surface area contributed by atoms with E-state index in [2.05, 4.69) is 24.5 Å². The highest BCUT2D eigenvalue weighted by molar-refractivity contribution is 5.82. The highest BCUT2D eigenvalue weighted by atomic mass is 16.6. The zero-order valence-electron chi connectivity index (χ0n) is 12.3. The van der Waals surface area contributed by atoms with Crippen LogP contribution < -0.4 is 11.3 Å². The lowest BCUT2D eigenvalue weighted by Crippen LogP contribution is -2.50. The van der Waals surface area contributed by atoms with Gasteiger partial charge in [0.2, 0.25) is 0 Å². The number of hydrogen-bond acceptors (Lipinski definition) is 5. The molecule has 1 aliphatic rings. The van der Waals surface area contributed by atoms with E-state index >= 15 is 0 Å². The summed E-state index contributed by atoms with van der Waals surface area (Å²) in [7, 11) is 0. The van der Waals surface area contributed by atoms with Crippen molar-refractivity contribution in [2.75, 3.05) is 19.8 Å². The van der Waals surface area contributed by atoms with Crippen LogP contribution in [0.4, 0.5) is 0 Å². The Kier molecular flexibility index (Phi) is 4.50. The highest BCUT2D eigenvalue weighted by Gasteiger charge is 2.26. The molecule has 0 aliphatic carbocycles. The van der Waals surface area contributed by atoms with Gasteiger partial charge in [0.1, 0.15) is 0 Å². The predicted octanol–water partition coefficient (Wildman–Crippen LogP) is 0.846. The van der Waals surface area contributed by atoms with Gasteiger partial charge in [-0.25, -0.2) is 0 Å². The molecule has 2 aromatic rings. The van der Waals surface area contributed by atoms with Crippen molar-refractivity contribution < 1.29 is 9.47 Å². The van der Waals surface area contributed by atoms with Gasteiger partial charge in [0.05, 0.1) is 43.2 Å². The summed E-state index contributed by atoms with van der Waals surface area (Å²) in [5.41, 5.74) is 5.06. The van der Waals surface area contributed by atoms with Crippen LogP contribution in [-0.4, -0.2) is 41.7 Å². The number of para-hydroxylation sites is 1. The van der Waals surface area contributed by atoms with Crippen LogP contribution in [0.25, 0.3) is 10.9 Å². The first-order valence-corrected chi connectivity index (χ1v) is 7.43. The smallest absolute Gasteiger partial charge is 0.0979 e. The van der Waals surface area contributed by atoms with Crippen molar-refractivity contribution in [1.82, 2.24) is 15.2 Å². The molecular formula is C15H22N4O2. The molecule has 2 heterocycles. The first kappa shape index (κ1) is 14.5. The largest absolute Gasteiger partial charge is 0.376 e. The minimum absolute atomic E-state index is 0.00564. The number of nitrogens with two attached hydrogens (primary N) is 1. The Bertz CT molecular complexity index is 592. The van der Waals surface area contributed by atoms with Gasteiger partial charge < -0.3 is 9.47 Å². The van der Waals surface area contributed by atoms with Gasteiger partial charge in [-0.2, -0.15) is 5.10 Å². The molecule has 2 unspecified atom stereocenters. The Hall–Kier alpha value is -1.47. The predicted molar refractivity (Wildman–Crippen MR) is 80.8 cm³/mol. The van der Waals surface area contributed by atoms with Gasteiger partial charge in [0, 0.05) is 18.4 Å². The van der Waals surface area contributed by atoms with E-state index in [1.165, 1.54) is 5.39 Å². The number of benzene rings is 1. The lowest BCUT2D eigenvalue weighted by atomic mass is 10.0. The molecular weight excluding hydrogens is 268 g/mol. The molecule has 6 heteroatoms. The Morgan fingerprint density at radius 3 is 3.00 bits per heavy atom. The number of aryl methyl sites for hydroxylation is 1. The quantitative estimate of drug-likeness (QED) is 0.631. The molecule has 1 aromatic heterocycles. The van der Waals surface area contributed by atoms with Crippen LogP contribution in [0.5, 0.6) is 0 Å². The van der Waals surface area contributed by atoms with Crippen LogP contribution in [0, 0.1) is 0 Å². The summed E-state index contributed by atoms with van der Waals surface area (Å²) in [6.45, 7) is 4.79. The fraction of sp³-hybridized carbons (Fsp3) is 0.533. The summed E-state index contributed by atoms with van der Waals surface area (Å²) >= 11 is 0. The minimum atomic E-state index is -0.0331.